The standard InChI is InChI=1S/C18H21N3O3S/c22-18(20-19-16-9-3-1-4-10-16)15-8-7-11-17(14-15)25(23,24)21-12-5-2-6-13-21/h1,3-4,7-11,14,19H,2,5-6,12-13H2,(H,20,22). The predicted octanol–water partition coefficient (Wildman–Crippen LogP) is 2.62. The van der Waals surface area contributed by atoms with Gasteiger partial charge >= 0.3 is 0 Å². The molecule has 3 rings (SSSR count). The van der Waals surface area contributed by atoms with E-state index < -0.39 is 10.0 Å². The molecule has 132 valence electrons. The molecule has 2 N–H and O–H groups in total. The maximum atomic E-state index is 12.7. The highest BCUT2D eigenvalue weighted by Gasteiger charge is 2.26. The van der Waals surface area contributed by atoms with Crippen LogP contribution >= 0.6 is 0 Å². The second-order valence-corrected chi connectivity index (χ2v) is 7.88. The molecule has 1 heterocycles. The zero-order chi connectivity index (χ0) is 17.7. The zero-order valence-electron chi connectivity index (χ0n) is 13.8. The second-order valence-electron chi connectivity index (χ2n) is 5.94. The van der Waals surface area contributed by atoms with Gasteiger partial charge in [0.2, 0.25) is 10.0 Å². The molecule has 0 bridgehead atoms. The van der Waals surface area contributed by atoms with Crippen molar-refractivity contribution >= 4 is 21.6 Å². The Bertz CT molecular complexity index is 832. The summed E-state index contributed by atoms with van der Waals surface area (Å²) >= 11 is 0. The molecule has 6 nitrogen and oxygen atoms in total. The monoisotopic (exact) mass is 359 g/mol. The molecule has 0 saturated carbocycles. The normalized spacial score (nSPS) is 15.5. The van der Waals surface area contributed by atoms with Crippen LogP contribution in [0.1, 0.15) is 29.6 Å². The number of nitrogens with zero attached hydrogens (tertiary/aromatic N) is 1. The van der Waals surface area contributed by atoms with Crippen LogP contribution in [0.3, 0.4) is 0 Å². The summed E-state index contributed by atoms with van der Waals surface area (Å²) in [6.07, 6.45) is 2.81. The number of rotatable bonds is 5. The summed E-state index contributed by atoms with van der Waals surface area (Å²) in [4.78, 5) is 12.4. The molecule has 0 radical (unpaired) electrons. The molecule has 1 amide bonds. The van der Waals surface area contributed by atoms with Gasteiger partial charge in [0.15, 0.2) is 0 Å². The lowest BCUT2D eigenvalue weighted by molar-refractivity contribution is 0.0962. The van der Waals surface area contributed by atoms with Gasteiger partial charge in [-0.3, -0.25) is 15.6 Å². The molecule has 1 saturated heterocycles. The Hall–Kier alpha value is -2.38. The van der Waals surface area contributed by atoms with Crippen molar-refractivity contribution in [3.63, 3.8) is 0 Å². The lowest BCUT2D eigenvalue weighted by Gasteiger charge is -2.26. The van der Waals surface area contributed by atoms with Crippen LogP contribution in [0.15, 0.2) is 59.5 Å². The maximum absolute atomic E-state index is 12.7. The van der Waals surface area contributed by atoms with Crippen LogP contribution in [0, 0.1) is 0 Å². The van der Waals surface area contributed by atoms with Gasteiger partial charge in [0, 0.05) is 18.7 Å². The first-order chi connectivity index (χ1) is 12.1. The summed E-state index contributed by atoms with van der Waals surface area (Å²) in [5, 5.41) is 0. The Morgan fingerprint density at radius 3 is 2.36 bits per heavy atom. The van der Waals surface area contributed by atoms with Crippen molar-refractivity contribution in [2.75, 3.05) is 18.5 Å². The first-order valence-electron chi connectivity index (χ1n) is 8.29. The molecule has 0 unspecified atom stereocenters. The number of hydrogen-bond acceptors (Lipinski definition) is 4. The minimum Gasteiger partial charge on any atom is -0.298 e. The van der Waals surface area contributed by atoms with Gasteiger partial charge in [-0.05, 0) is 43.2 Å². The lowest BCUT2D eigenvalue weighted by Crippen LogP contribution is -2.35. The Morgan fingerprint density at radius 2 is 1.64 bits per heavy atom. The van der Waals surface area contributed by atoms with E-state index >= 15 is 0 Å². The van der Waals surface area contributed by atoms with E-state index in [0.717, 1.165) is 24.9 Å². The second kappa shape index (κ2) is 7.67. The maximum Gasteiger partial charge on any atom is 0.269 e. The first kappa shape index (κ1) is 17.4. The molecule has 0 spiro atoms. The van der Waals surface area contributed by atoms with Gasteiger partial charge in [-0.2, -0.15) is 4.31 Å². The fourth-order valence-electron chi connectivity index (χ4n) is 2.77. The number of sulfonamides is 1. The third-order valence-electron chi connectivity index (χ3n) is 4.14. The minimum atomic E-state index is -3.55. The van der Waals surface area contributed by atoms with Crippen LogP contribution in [-0.4, -0.2) is 31.7 Å². The van der Waals surface area contributed by atoms with Crippen molar-refractivity contribution in [2.45, 2.75) is 24.2 Å². The molecule has 7 heteroatoms. The predicted molar refractivity (Wildman–Crippen MR) is 96.6 cm³/mol. The quantitative estimate of drug-likeness (QED) is 0.805. The lowest BCUT2D eigenvalue weighted by atomic mass is 10.2. The number of benzene rings is 2. The van der Waals surface area contributed by atoms with Crippen molar-refractivity contribution in [1.82, 2.24) is 9.73 Å². The summed E-state index contributed by atoms with van der Waals surface area (Å²) in [7, 11) is -3.55. The number of amides is 1. The number of hydrogen-bond donors (Lipinski definition) is 2. The van der Waals surface area contributed by atoms with Crippen LogP contribution in [0.5, 0.6) is 0 Å². The highest BCUT2D eigenvalue weighted by atomic mass is 32.2. The van der Waals surface area contributed by atoms with Crippen molar-refractivity contribution in [2.24, 2.45) is 0 Å². The van der Waals surface area contributed by atoms with Crippen molar-refractivity contribution in [3.8, 4) is 0 Å². The molecule has 2 aromatic carbocycles. The summed E-state index contributed by atoms with van der Waals surface area (Å²) in [6, 6.07) is 15.3. The largest absolute Gasteiger partial charge is 0.298 e. The Kier molecular flexibility index (Phi) is 5.35. The fraction of sp³-hybridized carbons (Fsp3) is 0.278. The van der Waals surface area contributed by atoms with E-state index in [9.17, 15) is 13.2 Å². The molecule has 0 atom stereocenters. The van der Waals surface area contributed by atoms with Gasteiger partial charge in [0.1, 0.15) is 0 Å². The van der Waals surface area contributed by atoms with E-state index in [1.165, 1.54) is 16.4 Å². The number of carbonyl (C=O) groups is 1. The Balaban J connectivity index is 1.73. The van der Waals surface area contributed by atoms with Crippen LogP contribution in [0.4, 0.5) is 5.69 Å². The number of carbonyl (C=O) groups excluding carboxylic acids is 1. The smallest absolute Gasteiger partial charge is 0.269 e. The van der Waals surface area contributed by atoms with Crippen LogP contribution in [0.25, 0.3) is 0 Å². The average molecular weight is 359 g/mol. The van der Waals surface area contributed by atoms with Gasteiger partial charge in [-0.25, -0.2) is 8.42 Å². The first-order valence-corrected chi connectivity index (χ1v) is 9.73. The van der Waals surface area contributed by atoms with Crippen molar-refractivity contribution in [1.29, 1.82) is 0 Å². The topological polar surface area (TPSA) is 78.5 Å². The number of para-hydroxylation sites is 1. The summed E-state index contributed by atoms with van der Waals surface area (Å²) in [5.74, 6) is -0.389. The van der Waals surface area contributed by atoms with E-state index in [4.69, 9.17) is 0 Å². The number of nitrogens with one attached hydrogen (secondary N) is 2. The average Bonchev–Trinajstić information content (AvgIpc) is 2.67. The molecule has 1 aliphatic heterocycles. The molecule has 1 fully saturated rings. The molecule has 2 aromatic rings. The third-order valence-corrected chi connectivity index (χ3v) is 6.04. The van der Waals surface area contributed by atoms with Gasteiger partial charge in [-0.15, -0.1) is 0 Å². The van der Waals surface area contributed by atoms with Gasteiger partial charge in [0.05, 0.1) is 10.6 Å². The Labute approximate surface area is 147 Å². The van der Waals surface area contributed by atoms with E-state index in [0.29, 0.717) is 18.7 Å². The van der Waals surface area contributed by atoms with E-state index in [2.05, 4.69) is 10.9 Å². The minimum absolute atomic E-state index is 0.154. The highest BCUT2D eigenvalue weighted by Crippen LogP contribution is 2.21. The number of hydrazine groups is 1. The van der Waals surface area contributed by atoms with E-state index in [1.54, 1.807) is 12.1 Å². The number of piperidine rings is 1. The molecule has 0 aromatic heterocycles. The van der Waals surface area contributed by atoms with E-state index in [1.807, 2.05) is 30.3 Å². The van der Waals surface area contributed by atoms with E-state index in [-0.39, 0.29) is 10.8 Å². The van der Waals surface area contributed by atoms with Gasteiger partial charge in [0.25, 0.3) is 5.91 Å². The zero-order valence-corrected chi connectivity index (χ0v) is 14.6. The number of anilines is 1. The summed E-state index contributed by atoms with van der Waals surface area (Å²) in [6.45, 7) is 1.07. The van der Waals surface area contributed by atoms with Gasteiger partial charge < -0.3 is 0 Å². The fourth-order valence-corrected chi connectivity index (χ4v) is 4.34. The van der Waals surface area contributed by atoms with Crippen LogP contribution in [0.2, 0.25) is 0 Å². The van der Waals surface area contributed by atoms with Crippen molar-refractivity contribution < 1.29 is 13.2 Å². The molecular formula is C18H21N3O3S. The molecule has 0 aliphatic carbocycles. The van der Waals surface area contributed by atoms with Crippen LogP contribution < -0.4 is 10.9 Å². The van der Waals surface area contributed by atoms with Crippen molar-refractivity contribution in [3.05, 3.63) is 60.2 Å². The molecule has 25 heavy (non-hydrogen) atoms. The molecule has 1 aliphatic rings. The SMILES string of the molecule is O=C(NNc1ccccc1)c1cccc(S(=O)(=O)N2CCCCC2)c1. The Morgan fingerprint density at radius 1 is 0.920 bits per heavy atom. The third kappa shape index (κ3) is 4.18. The highest BCUT2D eigenvalue weighted by molar-refractivity contribution is 7.89. The summed E-state index contributed by atoms with van der Waals surface area (Å²) in [5.41, 5.74) is 6.42. The van der Waals surface area contributed by atoms with Crippen LogP contribution in [-0.2, 0) is 10.0 Å². The van der Waals surface area contributed by atoms with Gasteiger partial charge in [-0.1, -0.05) is 30.7 Å². The summed E-state index contributed by atoms with van der Waals surface area (Å²) < 4.78 is 26.9. The molecular weight excluding hydrogens is 338 g/mol.